The molecule has 0 radical (unpaired) electrons. The van der Waals surface area contributed by atoms with Gasteiger partial charge in [0.25, 0.3) is 0 Å². The molecule has 1 saturated heterocycles. The molecule has 2 aromatic carbocycles. The number of nitrogens with two attached hydrogens (primary N) is 1. The first-order valence-corrected chi connectivity index (χ1v) is 13.8. The molecule has 10 heteroatoms. The van der Waals surface area contributed by atoms with E-state index in [0.29, 0.717) is 11.6 Å². The predicted molar refractivity (Wildman–Crippen MR) is 140 cm³/mol. The van der Waals surface area contributed by atoms with Crippen LogP contribution >= 0.6 is 0 Å². The van der Waals surface area contributed by atoms with E-state index in [1.165, 1.54) is 32.0 Å². The molecule has 1 aliphatic carbocycles. The van der Waals surface area contributed by atoms with Crippen LogP contribution in [0.3, 0.4) is 0 Å². The molecule has 0 spiro atoms. The Kier molecular flexibility index (Phi) is 8.35. The third-order valence-electron chi connectivity index (χ3n) is 6.76. The smallest absolute Gasteiger partial charge is 0.240 e. The standard InChI is InChI=1S/C25H35N7O2S/c1-27-35(33,34)22-12-13-24(28-19-8-4-2-5-9-19)23(18-22)25(26)30-31-29-20-14-16-32(17-15-20)21-10-6-3-7-11-21/h3,6-7,10-13,18-20,27-28H,2,4-5,8-9,14-17H2,1H3,(H2,26,29,30). The molecule has 188 valence electrons. The number of nitrogens with one attached hydrogen (secondary N) is 2. The molecule has 0 unspecified atom stereocenters. The molecule has 9 nitrogen and oxygen atoms in total. The second-order valence-electron chi connectivity index (χ2n) is 9.14. The molecule has 4 rings (SSSR count). The Bertz CT molecular complexity index is 1140. The van der Waals surface area contributed by atoms with Gasteiger partial charge in [-0.25, -0.2) is 13.1 Å². The maximum absolute atomic E-state index is 12.4. The summed E-state index contributed by atoms with van der Waals surface area (Å²) in [6.07, 6.45) is 7.54. The van der Waals surface area contributed by atoms with Gasteiger partial charge >= 0.3 is 0 Å². The first kappa shape index (κ1) is 25.1. The van der Waals surface area contributed by atoms with E-state index in [4.69, 9.17) is 5.73 Å². The third-order valence-corrected chi connectivity index (χ3v) is 8.18. The van der Waals surface area contributed by atoms with Crippen LogP contribution in [-0.2, 0) is 10.0 Å². The number of sulfonamides is 1. The van der Waals surface area contributed by atoms with E-state index in [-0.39, 0.29) is 16.8 Å². The van der Waals surface area contributed by atoms with Gasteiger partial charge in [-0.05, 0) is 68.3 Å². The quantitative estimate of drug-likeness (QED) is 0.219. The molecule has 2 aromatic rings. The number of para-hydroxylation sites is 1. The third kappa shape index (κ3) is 6.58. The van der Waals surface area contributed by atoms with Gasteiger partial charge in [-0.15, -0.1) is 5.10 Å². The maximum atomic E-state index is 12.4. The van der Waals surface area contributed by atoms with E-state index < -0.39 is 10.0 Å². The van der Waals surface area contributed by atoms with Crippen LogP contribution in [-0.4, -0.2) is 46.5 Å². The Morgan fingerprint density at radius 3 is 2.40 bits per heavy atom. The minimum atomic E-state index is -3.62. The fraction of sp³-hybridized carbons (Fsp3) is 0.480. The summed E-state index contributed by atoms with van der Waals surface area (Å²) < 4.78 is 27.1. The molecule has 2 aliphatic rings. The van der Waals surface area contributed by atoms with E-state index in [1.807, 2.05) is 18.2 Å². The summed E-state index contributed by atoms with van der Waals surface area (Å²) >= 11 is 0. The lowest BCUT2D eigenvalue weighted by atomic mass is 9.95. The SMILES string of the molecule is CNS(=O)(=O)c1ccc(NC2CCCCC2)c(C(N)=NN=NC2CCN(c3ccccc3)CC2)c1. The summed E-state index contributed by atoms with van der Waals surface area (Å²) in [5.41, 5.74) is 8.80. The summed E-state index contributed by atoms with van der Waals surface area (Å²) in [5, 5.41) is 16.1. The van der Waals surface area contributed by atoms with Crippen molar-refractivity contribution in [3.63, 3.8) is 0 Å². The van der Waals surface area contributed by atoms with E-state index in [1.54, 1.807) is 18.2 Å². The number of piperidine rings is 1. The van der Waals surface area contributed by atoms with Gasteiger partial charge in [0, 0.05) is 36.1 Å². The van der Waals surface area contributed by atoms with Gasteiger partial charge in [-0.2, -0.15) is 5.11 Å². The van der Waals surface area contributed by atoms with Gasteiger partial charge in [-0.1, -0.05) is 37.5 Å². The Hall–Kier alpha value is -2.98. The number of nitrogens with zero attached hydrogens (tertiary/aromatic N) is 4. The van der Waals surface area contributed by atoms with Crippen LogP contribution in [0.15, 0.2) is 68.9 Å². The predicted octanol–water partition coefficient (Wildman–Crippen LogP) is 4.08. The van der Waals surface area contributed by atoms with Crippen LogP contribution in [0.5, 0.6) is 0 Å². The first-order chi connectivity index (χ1) is 17.0. The second-order valence-corrected chi connectivity index (χ2v) is 11.0. The zero-order valence-electron chi connectivity index (χ0n) is 20.2. The Balaban J connectivity index is 1.47. The van der Waals surface area contributed by atoms with Crippen LogP contribution in [0.2, 0.25) is 0 Å². The van der Waals surface area contributed by atoms with Gasteiger partial charge in [0.2, 0.25) is 10.0 Å². The second kappa shape index (κ2) is 11.6. The van der Waals surface area contributed by atoms with Crippen molar-refractivity contribution in [3.8, 4) is 0 Å². The van der Waals surface area contributed by atoms with Gasteiger partial charge in [0.05, 0.1) is 10.9 Å². The average molecular weight is 498 g/mol. The summed E-state index contributed by atoms with van der Waals surface area (Å²) in [6.45, 7) is 1.82. The van der Waals surface area contributed by atoms with Crippen molar-refractivity contribution < 1.29 is 8.42 Å². The van der Waals surface area contributed by atoms with Crippen molar-refractivity contribution in [2.45, 2.75) is 61.9 Å². The number of benzene rings is 2. The van der Waals surface area contributed by atoms with Gasteiger partial charge in [-0.3, -0.25) is 0 Å². The average Bonchev–Trinajstić information content (AvgIpc) is 2.90. The zero-order valence-corrected chi connectivity index (χ0v) is 21.0. The molecule has 4 N–H and O–H groups in total. The first-order valence-electron chi connectivity index (χ1n) is 12.3. The topological polar surface area (TPSA) is 125 Å². The minimum absolute atomic E-state index is 0.0855. The van der Waals surface area contributed by atoms with Crippen LogP contribution in [0.4, 0.5) is 11.4 Å². The largest absolute Gasteiger partial charge is 0.382 e. The number of amidine groups is 1. The number of hydrogen-bond donors (Lipinski definition) is 3. The molecule has 0 amide bonds. The molecule has 1 aliphatic heterocycles. The molecule has 35 heavy (non-hydrogen) atoms. The monoisotopic (exact) mass is 497 g/mol. The highest BCUT2D eigenvalue weighted by Gasteiger charge is 2.21. The van der Waals surface area contributed by atoms with Crippen LogP contribution in [0.1, 0.15) is 50.5 Å². The molecular formula is C25H35N7O2S. The lowest BCUT2D eigenvalue weighted by molar-refractivity contribution is 0.462. The van der Waals surface area contributed by atoms with Crippen LogP contribution < -0.4 is 20.7 Å². The molecule has 0 atom stereocenters. The fourth-order valence-corrected chi connectivity index (χ4v) is 5.45. The van der Waals surface area contributed by atoms with E-state index >= 15 is 0 Å². The molecule has 1 heterocycles. The zero-order chi connectivity index (χ0) is 24.7. The fourth-order valence-electron chi connectivity index (χ4n) is 4.69. The van der Waals surface area contributed by atoms with Gasteiger partial charge in [0.1, 0.15) is 0 Å². The Morgan fingerprint density at radius 2 is 1.71 bits per heavy atom. The summed E-state index contributed by atoms with van der Waals surface area (Å²) in [5.74, 6) is 0.141. The van der Waals surface area contributed by atoms with Crippen molar-refractivity contribution in [1.82, 2.24) is 4.72 Å². The van der Waals surface area contributed by atoms with E-state index in [0.717, 1.165) is 44.5 Å². The summed E-state index contributed by atoms with van der Waals surface area (Å²) in [7, 11) is -2.23. The van der Waals surface area contributed by atoms with Gasteiger partial charge < -0.3 is 16.0 Å². The molecule has 0 bridgehead atoms. The maximum Gasteiger partial charge on any atom is 0.240 e. The Labute approximate surface area is 207 Å². The molecule has 1 saturated carbocycles. The van der Waals surface area contributed by atoms with Crippen LogP contribution in [0.25, 0.3) is 0 Å². The minimum Gasteiger partial charge on any atom is -0.382 e. The van der Waals surface area contributed by atoms with Crippen molar-refractivity contribution in [2.24, 2.45) is 21.2 Å². The summed E-state index contributed by atoms with van der Waals surface area (Å²) in [6, 6.07) is 15.7. The molecule has 2 fully saturated rings. The van der Waals surface area contributed by atoms with Crippen molar-refractivity contribution in [1.29, 1.82) is 0 Å². The summed E-state index contributed by atoms with van der Waals surface area (Å²) in [4.78, 5) is 2.48. The number of hydrogen-bond acceptors (Lipinski definition) is 6. The van der Waals surface area contributed by atoms with Crippen LogP contribution in [0, 0.1) is 0 Å². The molecule has 0 aromatic heterocycles. The number of rotatable bonds is 8. The van der Waals surface area contributed by atoms with Crippen molar-refractivity contribution >= 4 is 27.2 Å². The van der Waals surface area contributed by atoms with Crippen molar-refractivity contribution in [2.75, 3.05) is 30.4 Å². The lowest BCUT2D eigenvalue weighted by Gasteiger charge is -2.31. The highest BCUT2D eigenvalue weighted by molar-refractivity contribution is 7.89. The normalized spacial score (nSPS) is 18.8. The highest BCUT2D eigenvalue weighted by Crippen LogP contribution is 2.26. The van der Waals surface area contributed by atoms with E-state index in [2.05, 4.69) is 42.5 Å². The van der Waals surface area contributed by atoms with Crippen molar-refractivity contribution in [3.05, 3.63) is 54.1 Å². The Morgan fingerprint density at radius 1 is 1.00 bits per heavy atom. The molecular weight excluding hydrogens is 462 g/mol. The lowest BCUT2D eigenvalue weighted by Crippen LogP contribution is -2.35. The van der Waals surface area contributed by atoms with E-state index in [9.17, 15) is 8.42 Å². The number of anilines is 2. The van der Waals surface area contributed by atoms with Gasteiger partial charge in [0.15, 0.2) is 5.84 Å². The highest BCUT2D eigenvalue weighted by atomic mass is 32.2.